The van der Waals surface area contributed by atoms with Crippen molar-refractivity contribution in [3.05, 3.63) is 0 Å². The molecule has 1 heterocycles. The van der Waals surface area contributed by atoms with Crippen LogP contribution in [0.2, 0.25) is 0 Å². The predicted molar refractivity (Wildman–Crippen MR) is 53.4 cm³/mol. The van der Waals surface area contributed by atoms with E-state index in [1.807, 2.05) is 0 Å². The molecule has 2 N–H and O–H groups in total. The fourth-order valence-electron chi connectivity index (χ4n) is 1.50. The van der Waals surface area contributed by atoms with Gasteiger partial charge in [0.15, 0.2) is 0 Å². The van der Waals surface area contributed by atoms with Crippen LogP contribution in [0.15, 0.2) is 0 Å². The van der Waals surface area contributed by atoms with E-state index in [0.717, 1.165) is 13.1 Å². The van der Waals surface area contributed by atoms with Crippen molar-refractivity contribution in [2.45, 2.75) is 39.4 Å². The van der Waals surface area contributed by atoms with Crippen LogP contribution in [-0.2, 0) is 0 Å². The summed E-state index contributed by atoms with van der Waals surface area (Å²) in [6, 6.07) is 0.137. The number of rotatable bonds is 2. The smallest absolute Gasteiger partial charge is 0.114 e. The zero-order valence-corrected chi connectivity index (χ0v) is 8.89. The maximum atomic E-state index is 12.8. The summed E-state index contributed by atoms with van der Waals surface area (Å²) in [4.78, 5) is 2.13. The molecule has 1 saturated heterocycles. The number of nitrogens with two attached hydrogens (primary N) is 1. The predicted octanol–water partition coefficient (Wildman–Crippen LogP) is 1.40. The first-order valence-electron chi connectivity index (χ1n) is 5.01. The maximum absolute atomic E-state index is 12.8. The van der Waals surface area contributed by atoms with Crippen LogP contribution < -0.4 is 5.73 Å². The third-order valence-corrected chi connectivity index (χ3v) is 2.78. The second-order valence-electron chi connectivity index (χ2n) is 5.12. The van der Waals surface area contributed by atoms with E-state index < -0.39 is 6.17 Å². The summed E-state index contributed by atoms with van der Waals surface area (Å²) >= 11 is 0. The summed E-state index contributed by atoms with van der Waals surface area (Å²) in [5, 5.41) is 0. The van der Waals surface area contributed by atoms with Crippen molar-refractivity contribution in [3.8, 4) is 0 Å². The van der Waals surface area contributed by atoms with Gasteiger partial charge in [-0.05, 0) is 11.8 Å². The SMILES string of the molecule is CC(C)(C)C(N)CN1CCC(F)C1. The topological polar surface area (TPSA) is 29.3 Å². The Labute approximate surface area is 80.3 Å². The first-order chi connectivity index (χ1) is 5.89. The largest absolute Gasteiger partial charge is 0.326 e. The minimum absolute atomic E-state index is 0.119. The van der Waals surface area contributed by atoms with Crippen LogP contribution in [0.5, 0.6) is 0 Å². The lowest BCUT2D eigenvalue weighted by Crippen LogP contribution is -2.44. The summed E-state index contributed by atoms with van der Waals surface area (Å²) in [5.74, 6) is 0. The van der Waals surface area contributed by atoms with Crippen molar-refractivity contribution in [1.29, 1.82) is 0 Å². The molecule has 3 heteroatoms. The standard InChI is InChI=1S/C10H21FN2/c1-10(2,3)9(12)7-13-5-4-8(11)6-13/h8-9H,4-7,12H2,1-3H3. The minimum Gasteiger partial charge on any atom is -0.326 e. The first kappa shape index (κ1) is 10.9. The average molecular weight is 188 g/mol. The monoisotopic (exact) mass is 188 g/mol. The lowest BCUT2D eigenvalue weighted by atomic mass is 9.87. The van der Waals surface area contributed by atoms with Gasteiger partial charge in [-0.1, -0.05) is 20.8 Å². The Hall–Kier alpha value is -0.150. The van der Waals surface area contributed by atoms with Gasteiger partial charge in [0.05, 0.1) is 0 Å². The maximum Gasteiger partial charge on any atom is 0.114 e. The van der Waals surface area contributed by atoms with E-state index in [1.54, 1.807) is 0 Å². The number of likely N-dealkylation sites (tertiary alicyclic amines) is 1. The zero-order chi connectivity index (χ0) is 10.1. The Bertz CT molecular complexity index is 165. The van der Waals surface area contributed by atoms with E-state index in [2.05, 4.69) is 25.7 Å². The molecule has 0 spiro atoms. The summed E-state index contributed by atoms with van der Waals surface area (Å²) in [6.45, 7) is 8.64. The van der Waals surface area contributed by atoms with Gasteiger partial charge >= 0.3 is 0 Å². The zero-order valence-electron chi connectivity index (χ0n) is 8.89. The van der Waals surface area contributed by atoms with Crippen LogP contribution in [0.1, 0.15) is 27.2 Å². The van der Waals surface area contributed by atoms with Gasteiger partial charge in [-0.25, -0.2) is 4.39 Å². The van der Waals surface area contributed by atoms with Gasteiger partial charge in [-0.3, -0.25) is 4.90 Å². The lowest BCUT2D eigenvalue weighted by molar-refractivity contribution is 0.215. The molecule has 2 nitrogen and oxygen atoms in total. The van der Waals surface area contributed by atoms with Crippen LogP contribution in [0.4, 0.5) is 4.39 Å². The highest BCUT2D eigenvalue weighted by atomic mass is 19.1. The summed E-state index contributed by atoms with van der Waals surface area (Å²) < 4.78 is 12.8. The number of halogens is 1. The average Bonchev–Trinajstić information content (AvgIpc) is 2.33. The number of nitrogens with zero attached hydrogens (tertiary/aromatic N) is 1. The van der Waals surface area contributed by atoms with E-state index >= 15 is 0 Å². The van der Waals surface area contributed by atoms with E-state index in [-0.39, 0.29) is 11.5 Å². The molecule has 78 valence electrons. The summed E-state index contributed by atoms with van der Waals surface area (Å²) in [7, 11) is 0. The quantitative estimate of drug-likeness (QED) is 0.710. The van der Waals surface area contributed by atoms with E-state index in [0.29, 0.717) is 13.0 Å². The van der Waals surface area contributed by atoms with Crippen LogP contribution >= 0.6 is 0 Å². The minimum atomic E-state index is -0.632. The Kier molecular flexibility index (Phi) is 3.30. The highest BCUT2D eigenvalue weighted by molar-refractivity contribution is 4.84. The molecule has 1 aliphatic rings. The number of hydrogen-bond donors (Lipinski definition) is 1. The van der Waals surface area contributed by atoms with Gasteiger partial charge in [0.25, 0.3) is 0 Å². The third-order valence-electron chi connectivity index (χ3n) is 2.78. The Morgan fingerprint density at radius 3 is 2.54 bits per heavy atom. The number of hydrogen-bond acceptors (Lipinski definition) is 2. The van der Waals surface area contributed by atoms with Gasteiger partial charge in [0.1, 0.15) is 6.17 Å². The lowest BCUT2D eigenvalue weighted by Gasteiger charge is -2.30. The number of alkyl halides is 1. The summed E-state index contributed by atoms with van der Waals surface area (Å²) in [6.07, 6.45) is 0.0452. The molecule has 1 rings (SSSR count). The first-order valence-corrected chi connectivity index (χ1v) is 5.01. The van der Waals surface area contributed by atoms with Crippen molar-refractivity contribution < 1.29 is 4.39 Å². The van der Waals surface area contributed by atoms with Gasteiger partial charge < -0.3 is 5.73 Å². The van der Waals surface area contributed by atoms with E-state index in [1.165, 1.54) is 0 Å². The molecule has 0 aromatic rings. The second kappa shape index (κ2) is 3.93. The molecule has 0 radical (unpaired) electrons. The second-order valence-corrected chi connectivity index (χ2v) is 5.12. The highest BCUT2D eigenvalue weighted by Crippen LogP contribution is 2.20. The van der Waals surface area contributed by atoms with Gasteiger partial charge in [0.2, 0.25) is 0 Å². The van der Waals surface area contributed by atoms with Gasteiger partial charge in [-0.15, -0.1) is 0 Å². The Morgan fingerprint density at radius 1 is 1.54 bits per heavy atom. The molecule has 2 unspecified atom stereocenters. The molecule has 0 saturated carbocycles. The molecular weight excluding hydrogens is 167 g/mol. The highest BCUT2D eigenvalue weighted by Gasteiger charge is 2.27. The third kappa shape index (κ3) is 3.24. The van der Waals surface area contributed by atoms with Crippen molar-refractivity contribution in [1.82, 2.24) is 4.90 Å². The fraction of sp³-hybridized carbons (Fsp3) is 1.00. The molecule has 0 bridgehead atoms. The fourth-order valence-corrected chi connectivity index (χ4v) is 1.50. The van der Waals surface area contributed by atoms with Gasteiger partial charge in [-0.2, -0.15) is 0 Å². The van der Waals surface area contributed by atoms with E-state index in [4.69, 9.17) is 5.73 Å². The van der Waals surface area contributed by atoms with Crippen molar-refractivity contribution in [2.75, 3.05) is 19.6 Å². The van der Waals surface area contributed by atoms with Crippen LogP contribution in [0.25, 0.3) is 0 Å². The van der Waals surface area contributed by atoms with Crippen LogP contribution in [-0.4, -0.2) is 36.7 Å². The Morgan fingerprint density at radius 2 is 2.15 bits per heavy atom. The van der Waals surface area contributed by atoms with Crippen LogP contribution in [0, 0.1) is 5.41 Å². The molecule has 0 aliphatic carbocycles. The molecular formula is C10H21FN2. The van der Waals surface area contributed by atoms with E-state index in [9.17, 15) is 4.39 Å². The molecule has 1 fully saturated rings. The van der Waals surface area contributed by atoms with Crippen molar-refractivity contribution >= 4 is 0 Å². The summed E-state index contributed by atoms with van der Waals surface area (Å²) in [5.41, 5.74) is 6.13. The molecule has 0 aromatic carbocycles. The normalized spacial score (nSPS) is 27.9. The Balaban J connectivity index is 2.33. The molecule has 2 atom stereocenters. The molecule has 0 aromatic heterocycles. The van der Waals surface area contributed by atoms with Crippen molar-refractivity contribution in [2.24, 2.45) is 11.1 Å². The molecule has 13 heavy (non-hydrogen) atoms. The molecule has 0 amide bonds. The molecule has 1 aliphatic heterocycles. The van der Waals surface area contributed by atoms with Gasteiger partial charge in [0, 0.05) is 25.7 Å². The van der Waals surface area contributed by atoms with Crippen molar-refractivity contribution in [3.63, 3.8) is 0 Å². The van der Waals surface area contributed by atoms with Crippen LogP contribution in [0.3, 0.4) is 0 Å².